The van der Waals surface area contributed by atoms with Crippen molar-refractivity contribution in [1.29, 1.82) is 0 Å². The molecular formula is C13H20F3N3O. The van der Waals surface area contributed by atoms with Crippen LogP contribution in [0, 0.1) is 0 Å². The van der Waals surface area contributed by atoms with Gasteiger partial charge in [-0.3, -0.25) is 0 Å². The first kappa shape index (κ1) is 16.7. The van der Waals surface area contributed by atoms with Gasteiger partial charge in [0.05, 0.1) is 12.8 Å². The Bertz CT molecular complexity index is 399. The number of ether oxygens (including phenoxy) is 1. The van der Waals surface area contributed by atoms with E-state index in [9.17, 15) is 13.2 Å². The lowest BCUT2D eigenvalue weighted by Gasteiger charge is -2.18. The lowest BCUT2D eigenvalue weighted by molar-refractivity contribution is -0.135. The average Bonchev–Trinajstić information content (AvgIpc) is 2.41. The van der Waals surface area contributed by atoms with E-state index in [1.165, 1.54) is 13.4 Å². The van der Waals surface area contributed by atoms with Crippen LogP contribution in [0.4, 0.5) is 13.2 Å². The van der Waals surface area contributed by atoms with Crippen LogP contribution in [0.15, 0.2) is 12.4 Å². The number of alkyl halides is 3. The summed E-state index contributed by atoms with van der Waals surface area (Å²) in [6.07, 6.45) is -2.19. The van der Waals surface area contributed by atoms with Crippen LogP contribution in [-0.2, 0) is 0 Å². The van der Waals surface area contributed by atoms with Crippen LogP contribution < -0.4 is 10.1 Å². The van der Waals surface area contributed by atoms with Crippen molar-refractivity contribution in [3.8, 4) is 5.88 Å². The van der Waals surface area contributed by atoms with Crippen LogP contribution in [0.5, 0.6) is 5.88 Å². The zero-order valence-corrected chi connectivity index (χ0v) is 11.7. The van der Waals surface area contributed by atoms with E-state index >= 15 is 0 Å². The van der Waals surface area contributed by atoms with Crippen LogP contribution in [-0.4, -0.2) is 29.8 Å². The highest BCUT2D eigenvalue weighted by Gasteiger charge is 2.27. The van der Waals surface area contributed by atoms with Crippen molar-refractivity contribution < 1.29 is 17.9 Å². The Labute approximate surface area is 116 Å². The van der Waals surface area contributed by atoms with Crippen molar-refractivity contribution in [2.24, 2.45) is 0 Å². The summed E-state index contributed by atoms with van der Waals surface area (Å²) in [6, 6.07) is 1.44. The molecular weight excluding hydrogens is 271 g/mol. The fourth-order valence-electron chi connectivity index (χ4n) is 1.84. The molecule has 0 saturated heterocycles. The number of methoxy groups -OCH3 is 1. The summed E-state index contributed by atoms with van der Waals surface area (Å²) in [5.41, 5.74) is 0.660. The van der Waals surface area contributed by atoms with Gasteiger partial charge in [-0.05, 0) is 25.8 Å². The van der Waals surface area contributed by atoms with E-state index < -0.39 is 12.6 Å². The van der Waals surface area contributed by atoms with Gasteiger partial charge >= 0.3 is 6.18 Å². The maximum absolute atomic E-state index is 12.2. The lowest BCUT2D eigenvalue weighted by atomic mass is 10.1. The first-order valence-corrected chi connectivity index (χ1v) is 6.62. The third kappa shape index (κ3) is 6.18. The highest BCUT2D eigenvalue weighted by atomic mass is 19.4. The number of nitrogens with zero attached hydrogens (tertiary/aromatic N) is 2. The molecule has 1 atom stereocenters. The van der Waals surface area contributed by atoms with E-state index in [1.54, 1.807) is 6.07 Å². The summed E-state index contributed by atoms with van der Waals surface area (Å²) >= 11 is 0. The first-order chi connectivity index (χ1) is 9.46. The molecule has 0 aliphatic carbocycles. The van der Waals surface area contributed by atoms with Gasteiger partial charge in [-0.15, -0.1) is 0 Å². The number of rotatable bonds is 8. The molecule has 0 aliphatic heterocycles. The van der Waals surface area contributed by atoms with Crippen LogP contribution in [0.3, 0.4) is 0 Å². The molecule has 0 saturated carbocycles. The number of halogens is 3. The largest absolute Gasteiger partial charge is 0.481 e. The van der Waals surface area contributed by atoms with Crippen molar-refractivity contribution in [2.75, 3.05) is 13.7 Å². The average molecular weight is 291 g/mol. The van der Waals surface area contributed by atoms with E-state index in [2.05, 4.69) is 15.3 Å². The second-order valence-electron chi connectivity index (χ2n) is 4.50. The summed E-state index contributed by atoms with van der Waals surface area (Å²) in [4.78, 5) is 8.02. The van der Waals surface area contributed by atoms with E-state index in [4.69, 9.17) is 4.74 Å². The molecule has 1 aromatic rings. The van der Waals surface area contributed by atoms with Gasteiger partial charge in [0.2, 0.25) is 5.88 Å². The predicted molar refractivity (Wildman–Crippen MR) is 69.5 cm³/mol. The fourth-order valence-corrected chi connectivity index (χ4v) is 1.84. The molecule has 20 heavy (non-hydrogen) atoms. The third-order valence-electron chi connectivity index (χ3n) is 2.82. The van der Waals surface area contributed by atoms with E-state index in [0.29, 0.717) is 18.0 Å². The van der Waals surface area contributed by atoms with Crippen molar-refractivity contribution in [1.82, 2.24) is 15.3 Å². The van der Waals surface area contributed by atoms with Crippen molar-refractivity contribution in [2.45, 2.75) is 44.8 Å². The Balaban J connectivity index is 2.67. The van der Waals surface area contributed by atoms with Gasteiger partial charge in [0, 0.05) is 18.5 Å². The standard InChI is InChI=1S/C13H20F3N3O/c1-3-7-17-10(5-4-6-13(14,15)16)11-8-12(20-2)19-9-18-11/h8-10,17H,3-7H2,1-2H3. The number of hydrogen-bond donors (Lipinski definition) is 1. The van der Waals surface area contributed by atoms with Gasteiger partial charge in [0.25, 0.3) is 0 Å². The second kappa shape index (κ2) is 8.04. The Morgan fingerprint density at radius 3 is 2.70 bits per heavy atom. The molecule has 0 bridgehead atoms. The van der Waals surface area contributed by atoms with Gasteiger partial charge in [0.15, 0.2) is 0 Å². The molecule has 0 spiro atoms. The molecule has 1 aromatic heterocycles. The van der Waals surface area contributed by atoms with Crippen LogP contribution in [0.1, 0.15) is 44.3 Å². The van der Waals surface area contributed by atoms with Crippen LogP contribution >= 0.6 is 0 Å². The zero-order chi connectivity index (χ0) is 15.0. The molecule has 0 fully saturated rings. The summed E-state index contributed by atoms with van der Waals surface area (Å²) in [7, 11) is 1.49. The molecule has 0 aromatic carbocycles. The smallest absolute Gasteiger partial charge is 0.389 e. The highest BCUT2D eigenvalue weighted by molar-refractivity contribution is 5.16. The van der Waals surface area contributed by atoms with Crippen molar-refractivity contribution in [3.05, 3.63) is 18.1 Å². The third-order valence-corrected chi connectivity index (χ3v) is 2.82. The first-order valence-electron chi connectivity index (χ1n) is 6.62. The molecule has 0 amide bonds. The summed E-state index contributed by atoms with van der Waals surface area (Å²) in [6.45, 7) is 2.73. The lowest BCUT2D eigenvalue weighted by Crippen LogP contribution is -2.23. The molecule has 1 N–H and O–H groups in total. The summed E-state index contributed by atoms with van der Waals surface area (Å²) in [5.74, 6) is 0.411. The molecule has 1 unspecified atom stereocenters. The molecule has 0 radical (unpaired) electrons. The van der Waals surface area contributed by atoms with E-state index in [1.807, 2.05) is 6.92 Å². The molecule has 1 rings (SSSR count). The minimum absolute atomic E-state index is 0.0667. The second-order valence-corrected chi connectivity index (χ2v) is 4.50. The molecule has 7 heteroatoms. The topological polar surface area (TPSA) is 47.0 Å². The fraction of sp³-hybridized carbons (Fsp3) is 0.692. The zero-order valence-electron chi connectivity index (χ0n) is 11.7. The number of hydrogen-bond acceptors (Lipinski definition) is 4. The van der Waals surface area contributed by atoms with Crippen molar-refractivity contribution >= 4 is 0 Å². The monoisotopic (exact) mass is 291 g/mol. The van der Waals surface area contributed by atoms with Gasteiger partial charge in [-0.1, -0.05) is 6.92 Å². The SMILES string of the molecule is CCCNC(CCCC(F)(F)F)c1cc(OC)ncn1. The van der Waals surface area contributed by atoms with Crippen LogP contribution in [0.2, 0.25) is 0 Å². The predicted octanol–water partition coefficient (Wildman–Crippen LogP) is 3.26. The molecule has 1 heterocycles. The minimum Gasteiger partial charge on any atom is -0.481 e. The number of nitrogens with one attached hydrogen (secondary N) is 1. The normalized spacial score (nSPS) is 13.2. The molecule has 0 aliphatic rings. The Morgan fingerprint density at radius 1 is 1.35 bits per heavy atom. The summed E-state index contributed by atoms with van der Waals surface area (Å²) < 4.78 is 41.6. The Hall–Kier alpha value is -1.37. The molecule has 114 valence electrons. The van der Waals surface area contributed by atoms with Gasteiger partial charge in [0.1, 0.15) is 6.33 Å². The maximum Gasteiger partial charge on any atom is 0.389 e. The van der Waals surface area contributed by atoms with Crippen LogP contribution in [0.25, 0.3) is 0 Å². The summed E-state index contributed by atoms with van der Waals surface area (Å²) in [5, 5.41) is 3.21. The minimum atomic E-state index is -4.11. The maximum atomic E-state index is 12.2. The van der Waals surface area contributed by atoms with Gasteiger partial charge in [-0.2, -0.15) is 13.2 Å². The number of aromatic nitrogens is 2. The quantitative estimate of drug-likeness (QED) is 0.798. The Morgan fingerprint density at radius 2 is 2.10 bits per heavy atom. The Kier molecular flexibility index (Phi) is 6.70. The van der Waals surface area contributed by atoms with Gasteiger partial charge in [-0.25, -0.2) is 9.97 Å². The van der Waals surface area contributed by atoms with E-state index in [0.717, 1.165) is 13.0 Å². The van der Waals surface area contributed by atoms with E-state index in [-0.39, 0.29) is 12.5 Å². The highest BCUT2D eigenvalue weighted by Crippen LogP contribution is 2.26. The molecule has 4 nitrogen and oxygen atoms in total. The van der Waals surface area contributed by atoms with Gasteiger partial charge < -0.3 is 10.1 Å². The van der Waals surface area contributed by atoms with Crippen molar-refractivity contribution in [3.63, 3.8) is 0 Å².